The number of carbonyl (C=O) groups is 5. The van der Waals surface area contributed by atoms with Crippen molar-refractivity contribution in [3.63, 3.8) is 0 Å². The number of benzene rings is 1. The summed E-state index contributed by atoms with van der Waals surface area (Å²) in [6.07, 6.45) is 0.629. The van der Waals surface area contributed by atoms with E-state index in [0.717, 1.165) is 4.90 Å². The molecule has 0 radical (unpaired) electrons. The minimum Gasteiger partial charge on any atom is -0.467 e. The molecule has 0 aromatic heterocycles. The molecule has 2 atom stereocenters. The van der Waals surface area contributed by atoms with Crippen LogP contribution in [0.2, 0.25) is 0 Å². The normalized spacial score (nSPS) is 14.9. The lowest BCUT2D eigenvalue weighted by Crippen LogP contribution is -2.47. The number of methoxy groups -OCH3 is 1. The Morgan fingerprint density at radius 3 is 2.50 bits per heavy atom. The average molecular weight is 390 g/mol. The number of fused-ring (bicyclic) bond motifs is 1. The van der Waals surface area contributed by atoms with Gasteiger partial charge in [0.25, 0.3) is 17.6 Å². The van der Waals surface area contributed by atoms with Crippen LogP contribution in [-0.4, -0.2) is 55.8 Å². The van der Waals surface area contributed by atoms with Crippen molar-refractivity contribution in [3.8, 4) is 0 Å². The number of amides is 2. The van der Waals surface area contributed by atoms with E-state index in [-0.39, 0.29) is 11.5 Å². The largest absolute Gasteiger partial charge is 0.467 e. The van der Waals surface area contributed by atoms with Crippen LogP contribution in [0.3, 0.4) is 0 Å². The van der Waals surface area contributed by atoms with Gasteiger partial charge in [-0.3, -0.25) is 24.1 Å². The van der Waals surface area contributed by atoms with Gasteiger partial charge in [-0.15, -0.1) is 0 Å². The number of hydrogen-bond acceptors (Lipinski definition) is 7. The molecule has 2 rings (SSSR count). The van der Waals surface area contributed by atoms with Crippen molar-refractivity contribution in [2.75, 3.05) is 25.2 Å². The van der Waals surface area contributed by atoms with E-state index in [0.29, 0.717) is 12.1 Å². The molecular formula is C19H22N2O7. The van der Waals surface area contributed by atoms with E-state index in [1.165, 1.54) is 13.2 Å². The van der Waals surface area contributed by atoms with Gasteiger partial charge in [-0.25, -0.2) is 4.79 Å². The van der Waals surface area contributed by atoms with Crippen molar-refractivity contribution >= 4 is 35.2 Å². The Morgan fingerprint density at radius 1 is 1.18 bits per heavy atom. The fourth-order valence-corrected chi connectivity index (χ4v) is 2.74. The molecule has 1 aromatic carbocycles. The summed E-state index contributed by atoms with van der Waals surface area (Å²) in [4.78, 5) is 60.8. The highest BCUT2D eigenvalue weighted by Gasteiger charge is 2.36. The van der Waals surface area contributed by atoms with Gasteiger partial charge < -0.3 is 14.8 Å². The number of Topliss-reactive ketones (excluding diaryl/α,β-unsaturated/α-hetero) is 1. The molecule has 0 bridgehead atoms. The molecule has 0 saturated carbocycles. The lowest BCUT2D eigenvalue weighted by atomic mass is 9.99. The topological polar surface area (TPSA) is 119 Å². The zero-order valence-corrected chi connectivity index (χ0v) is 15.9. The van der Waals surface area contributed by atoms with E-state index in [9.17, 15) is 24.0 Å². The lowest BCUT2D eigenvalue weighted by Gasteiger charge is -2.21. The number of para-hydroxylation sites is 1. The Bertz CT molecular complexity index is 805. The highest BCUT2D eigenvalue weighted by atomic mass is 16.5. The molecule has 9 heteroatoms. The summed E-state index contributed by atoms with van der Waals surface area (Å²) in [6.45, 7) is 2.52. The summed E-state index contributed by atoms with van der Waals surface area (Å²) in [5, 5.41) is 2.47. The van der Waals surface area contributed by atoms with Gasteiger partial charge in [0.1, 0.15) is 12.6 Å². The number of rotatable bonds is 8. The average Bonchev–Trinajstić information content (AvgIpc) is 2.94. The number of hydrogen-bond donors (Lipinski definition) is 1. The molecule has 0 saturated heterocycles. The molecule has 2 amide bonds. The van der Waals surface area contributed by atoms with Gasteiger partial charge in [-0.05, 0) is 18.1 Å². The Morgan fingerprint density at radius 2 is 1.86 bits per heavy atom. The monoisotopic (exact) mass is 390 g/mol. The summed E-state index contributed by atoms with van der Waals surface area (Å²) in [5.74, 6) is -3.82. The second-order valence-corrected chi connectivity index (χ2v) is 6.35. The van der Waals surface area contributed by atoms with Crippen molar-refractivity contribution in [2.24, 2.45) is 5.92 Å². The van der Waals surface area contributed by atoms with E-state index >= 15 is 0 Å². The highest BCUT2D eigenvalue weighted by molar-refractivity contribution is 6.52. The maximum Gasteiger partial charge on any atom is 0.328 e. The predicted molar refractivity (Wildman–Crippen MR) is 97.5 cm³/mol. The second-order valence-electron chi connectivity index (χ2n) is 6.35. The second kappa shape index (κ2) is 9.12. The summed E-state index contributed by atoms with van der Waals surface area (Å²) >= 11 is 0. The van der Waals surface area contributed by atoms with E-state index < -0.39 is 48.7 Å². The maximum absolute atomic E-state index is 12.0. The molecular weight excluding hydrogens is 368 g/mol. The van der Waals surface area contributed by atoms with Crippen LogP contribution in [-0.2, 0) is 28.7 Å². The standard InChI is InChI=1S/C19H22N2O7/c1-4-11(2)16(19(26)27-3)20-14(22)10-28-15(23)9-21-13-8-6-5-7-12(13)17(24)18(21)25/h5-8,11,16H,4,9-10H2,1-3H3,(H,20,22)/t11-,16+/m0/s1. The lowest BCUT2D eigenvalue weighted by molar-refractivity contribution is -0.150. The quantitative estimate of drug-likeness (QED) is 0.506. The third-order valence-electron chi connectivity index (χ3n) is 4.51. The van der Waals surface area contributed by atoms with Crippen molar-refractivity contribution < 1.29 is 33.4 Å². The van der Waals surface area contributed by atoms with E-state index in [1.807, 2.05) is 6.92 Å². The molecule has 1 aromatic rings. The third kappa shape index (κ3) is 4.54. The van der Waals surface area contributed by atoms with Gasteiger partial charge in [0.15, 0.2) is 6.61 Å². The van der Waals surface area contributed by atoms with Crippen LogP contribution in [0, 0.1) is 5.92 Å². The first-order valence-electron chi connectivity index (χ1n) is 8.78. The smallest absolute Gasteiger partial charge is 0.328 e. The Kier molecular flexibility index (Phi) is 6.86. The van der Waals surface area contributed by atoms with Crippen LogP contribution < -0.4 is 10.2 Å². The van der Waals surface area contributed by atoms with Crippen LogP contribution >= 0.6 is 0 Å². The summed E-state index contributed by atoms with van der Waals surface area (Å²) in [6, 6.07) is 5.44. The SMILES string of the molecule is CC[C@H](C)[C@@H](NC(=O)COC(=O)CN1C(=O)C(=O)c2ccccc21)C(=O)OC. The number of esters is 2. The molecule has 28 heavy (non-hydrogen) atoms. The summed E-state index contributed by atoms with van der Waals surface area (Å²) < 4.78 is 9.55. The first-order valence-corrected chi connectivity index (χ1v) is 8.78. The van der Waals surface area contributed by atoms with E-state index in [2.05, 4.69) is 10.1 Å². The number of ether oxygens (including phenoxy) is 2. The Balaban J connectivity index is 1.92. The maximum atomic E-state index is 12.0. The van der Waals surface area contributed by atoms with Gasteiger partial charge in [0, 0.05) is 0 Å². The van der Waals surface area contributed by atoms with Crippen LogP contribution in [0.15, 0.2) is 24.3 Å². The summed E-state index contributed by atoms with van der Waals surface area (Å²) in [5.41, 5.74) is 0.536. The van der Waals surface area contributed by atoms with Gasteiger partial charge >= 0.3 is 11.9 Å². The fraction of sp³-hybridized carbons (Fsp3) is 0.421. The molecule has 0 aliphatic carbocycles. The van der Waals surface area contributed by atoms with Gasteiger partial charge in [-0.2, -0.15) is 0 Å². The molecule has 0 unspecified atom stereocenters. The van der Waals surface area contributed by atoms with Crippen molar-refractivity contribution in [2.45, 2.75) is 26.3 Å². The number of carbonyl (C=O) groups excluding carboxylic acids is 5. The first-order chi connectivity index (χ1) is 13.3. The van der Waals surface area contributed by atoms with E-state index in [4.69, 9.17) is 4.74 Å². The van der Waals surface area contributed by atoms with Crippen LogP contribution in [0.25, 0.3) is 0 Å². The van der Waals surface area contributed by atoms with Crippen LogP contribution in [0.1, 0.15) is 30.6 Å². The number of anilines is 1. The molecule has 1 N–H and O–H groups in total. The van der Waals surface area contributed by atoms with Crippen LogP contribution in [0.5, 0.6) is 0 Å². The minimum absolute atomic E-state index is 0.170. The minimum atomic E-state index is -0.856. The molecule has 0 fully saturated rings. The fourth-order valence-electron chi connectivity index (χ4n) is 2.74. The molecule has 9 nitrogen and oxygen atoms in total. The summed E-state index contributed by atoms with van der Waals surface area (Å²) in [7, 11) is 1.22. The predicted octanol–water partition coefficient (Wildman–Crippen LogP) is 0.463. The number of nitrogens with zero attached hydrogens (tertiary/aromatic N) is 1. The van der Waals surface area contributed by atoms with Gasteiger partial charge in [-0.1, -0.05) is 32.4 Å². The Labute approximate surface area is 162 Å². The zero-order valence-electron chi connectivity index (χ0n) is 15.9. The van der Waals surface area contributed by atoms with E-state index in [1.54, 1.807) is 25.1 Å². The zero-order chi connectivity index (χ0) is 20.8. The first kappa shape index (κ1) is 21.1. The molecule has 0 spiro atoms. The van der Waals surface area contributed by atoms with Gasteiger partial charge in [0.2, 0.25) is 0 Å². The van der Waals surface area contributed by atoms with Crippen molar-refractivity contribution in [1.82, 2.24) is 5.32 Å². The molecule has 1 heterocycles. The number of ketones is 1. The van der Waals surface area contributed by atoms with Gasteiger partial charge in [0.05, 0.1) is 18.4 Å². The Hall–Kier alpha value is -3.23. The van der Waals surface area contributed by atoms with Crippen molar-refractivity contribution in [3.05, 3.63) is 29.8 Å². The molecule has 1 aliphatic rings. The number of nitrogens with one attached hydrogen (secondary N) is 1. The highest BCUT2D eigenvalue weighted by Crippen LogP contribution is 2.28. The molecule has 150 valence electrons. The van der Waals surface area contributed by atoms with Crippen molar-refractivity contribution in [1.29, 1.82) is 0 Å². The third-order valence-corrected chi connectivity index (χ3v) is 4.51. The molecule has 1 aliphatic heterocycles. The van der Waals surface area contributed by atoms with Crippen LogP contribution in [0.4, 0.5) is 5.69 Å².